The highest BCUT2D eigenvalue weighted by Gasteiger charge is 2.06. The lowest BCUT2D eigenvalue weighted by atomic mass is 10.2. The Balaban J connectivity index is 1.67. The number of hydrogen-bond acceptors (Lipinski definition) is 3. The molecule has 1 unspecified atom stereocenters. The molecule has 0 aliphatic carbocycles. The summed E-state index contributed by atoms with van der Waals surface area (Å²) in [5.74, 6) is 1.68. The molecule has 1 aromatic carbocycles. The predicted octanol–water partition coefficient (Wildman–Crippen LogP) is 2.83. The van der Waals surface area contributed by atoms with E-state index >= 15 is 0 Å². The summed E-state index contributed by atoms with van der Waals surface area (Å²) in [7, 11) is 1.78. The van der Waals surface area contributed by atoms with E-state index in [-0.39, 0.29) is 6.10 Å². The van der Waals surface area contributed by atoms with Crippen LogP contribution in [0, 0.1) is 20.8 Å². The van der Waals surface area contributed by atoms with Gasteiger partial charge in [-0.15, -0.1) is 0 Å². The van der Waals surface area contributed by atoms with Gasteiger partial charge in [-0.05, 0) is 52.3 Å². The zero-order chi connectivity index (χ0) is 18.9. The van der Waals surface area contributed by atoms with Crippen LogP contribution < -0.4 is 15.4 Å². The predicted molar refractivity (Wildman–Crippen MR) is 107 cm³/mol. The summed E-state index contributed by atoms with van der Waals surface area (Å²) in [6.07, 6.45) is 1.03. The summed E-state index contributed by atoms with van der Waals surface area (Å²) in [5, 5.41) is 11.1. The molecule has 0 aliphatic heterocycles. The molecule has 0 fully saturated rings. The lowest BCUT2D eigenvalue weighted by Gasteiger charge is -2.18. The lowest BCUT2D eigenvalue weighted by molar-refractivity contribution is 0.224. The zero-order valence-electron chi connectivity index (χ0n) is 16.5. The van der Waals surface area contributed by atoms with Crippen molar-refractivity contribution in [2.24, 2.45) is 4.99 Å². The van der Waals surface area contributed by atoms with Crippen LogP contribution in [0.4, 0.5) is 0 Å². The molecule has 0 amide bonds. The van der Waals surface area contributed by atoms with E-state index in [9.17, 15) is 0 Å². The van der Waals surface area contributed by atoms with E-state index in [1.165, 1.54) is 11.3 Å². The number of aryl methyl sites for hydroxylation is 4. The summed E-state index contributed by atoms with van der Waals surface area (Å²) in [6.45, 7) is 10.6. The second kappa shape index (κ2) is 9.85. The largest absolute Gasteiger partial charge is 0.489 e. The SMILES string of the molecule is CN=C(NCCCn1nc(C)cc1C)NCC(C)Oc1ccc(C)cc1. The van der Waals surface area contributed by atoms with E-state index in [4.69, 9.17) is 4.74 Å². The highest BCUT2D eigenvalue weighted by molar-refractivity contribution is 5.79. The van der Waals surface area contributed by atoms with Gasteiger partial charge in [0, 0.05) is 25.8 Å². The summed E-state index contributed by atoms with van der Waals surface area (Å²) in [6, 6.07) is 10.2. The van der Waals surface area contributed by atoms with Crippen LogP contribution in [0.1, 0.15) is 30.3 Å². The summed E-state index contributed by atoms with van der Waals surface area (Å²) in [5.41, 5.74) is 3.50. The first-order valence-electron chi connectivity index (χ1n) is 9.17. The third-order valence-electron chi connectivity index (χ3n) is 4.08. The van der Waals surface area contributed by atoms with Gasteiger partial charge in [0.15, 0.2) is 5.96 Å². The van der Waals surface area contributed by atoms with Gasteiger partial charge < -0.3 is 15.4 Å². The minimum absolute atomic E-state index is 0.0472. The number of aromatic nitrogens is 2. The molecule has 2 N–H and O–H groups in total. The molecule has 0 spiro atoms. The molecule has 6 heteroatoms. The fourth-order valence-corrected chi connectivity index (χ4v) is 2.69. The Kier molecular flexibility index (Phi) is 7.51. The maximum Gasteiger partial charge on any atom is 0.191 e. The molecule has 0 aliphatic rings. The van der Waals surface area contributed by atoms with Crippen molar-refractivity contribution in [1.82, 2.24) is 20.4 Å². The Hall–Kier alpha value is -2.50. The van der Waals surface area contributed by atoms with Gasteiger partial charge in [-0.3, -0.25) is 9.67 Å². The number of hydrogen-bond donors (Lipinski definition) is 2. The van der Waals surface area contributed by atoms with Crippen molar-refractivity contribution in [3.63, 3.8) is 0 Å². The van der Waals surface area contributed by atoms with Crippen molar-refractivity contribution in [2.75, 3.05) is 20.1 Å². The van der Waals surface area contributed by atoms with E-state index in [1.807, 2.05) is 30.7 Å². The van der Waals surface area contributed by atoms with Gasteiger partial charge in [-0.25, -0.2) is 0 Å². The lowest BCUT2D eigenvalue weighted by Crippen LogP contribution is -2.42. The van der Waals surface area contributed by atoms with Gasteiger partial charge in [0.25, 0.3) is 0 Å². The van der Waals surface area contributed by atoms with Gasteiger partial charge in [0.2, 0.25) is 0 Å². The van der Waals surface area contributed by atoms with Gasteiger partial charge in [-0.2, -0.15) is 5.10 Å². The number of nitrogens with zero attached hydrogens (tertiary/aromatic N) is 3. The molecule has 26 heavy (non-hydrogen) atoms. The van der Waals surface area contributed by atoms with Crippen molar-refractivity contribution in [3.05, 3.63) is 47.3 Å². The highest BCUT2D eigenvalue weighted by atomic mass is 16.5. The Bertz CT molecular complexity index is 705. The molecule has 1 aromatic heterocycles. The van der Waals surface area contributed by atoms with Crippen LogP contribution in [0.15, 0.2) is 35.3 Å². The van der Waals surface area contributed by atoms with Gasteiger partial charge >= 0.3 is 0 Å². The first kappa shape index (κ1) is 19.8. The topological polar surface area (TPSA) is 63.5 Å². The fraction of sp³-hybridized carbons (Fsp3) is 0.500. The second-order valence-corrected chi connectivity index (χ2v) is 6.63. The molecule has 0 bridgehead atoms. The van der Waals surface area contributed by atoms with Gasteiger partial charge in [0.05, 0.1) is 12.2 Å². The van der Waals surface area contributed by atoms with Crippen LogP contribution in [-0.4, -0.2) is 42.0 Å². The van der Waals surface area contributed by atoms with E-state index < -0.39 is 0 Å². The zero-order valence-corrected chi connectivity index (χ0v) is 16.5. The van der Waals surface area contributed by atoms with E-state index in [1.54, 1.807) is 7.05 Å². The molecule has 6 nitrogen and oxygen atoms in total. The molecule has 142 valence electrons. The first-order valence-corrected chi connectivity index (χ1v) is 9.17. The quantitative estimate of drug-likeness (QED) is 0.433. The van der Waals surface area contributed by atoms with Crippen LogP contribution in [0.3, 0.4) is 0 Å². The number of aliphatic imine (C=N–C) groups is 1. The minimum atomic E-state index is 0.0472. The van der Waals surface area contributed by atoms with Crippen LogP contribution in [0.5, 0.6) is 5.75 Å². The monoisotopic (exact) mass is 357 g/mol. The average molecular weight is 358 g/mol. The van der Waals surface area contributed by atoms with E-state index in [0.717, 1.165) is 36.9 Å². The number of rotatable bonds is 8. The van der Waals surface area contributed by atoms with Crippen molar-refractivity contribution in [1.29, 1.82) is 0 Å². The van der Waals surface area contributed by atoms with Crippen molar-refractivity contribution in [3.8, 4) is 5.75 Å². The normalized spacial score (nSPS) is 12.7. The Morgan fingerprint density at radius 3 is 2.54 bits per heavy atom. The number of benzene rings is 1. The molecule has 1 heterocycles. The molecule has 2 aromatic rings. The highest BCUT2D eigenvalue weighted by Crippen LogP contribution is 2.12. The third kappa shape index (κ3) is 6.43. The standard InChI is InChI=1S/C20H31N5O/c1-15-7-9-19(10-8-15)26-18(4)14-23-20(21-5)22-11-6-12-25-17(3)13-16(2)24-25/h7-10,13,18H,6,11-12,14H2,1-5H3,(H2,21,22,23). The summed E-state index contributed by atoms with van der Waals surface area (Å²) in [4.78, 5) is 4.26. The Labute approximate surface area is 156 Å². The van der Waals surface area contributed by atoms with Crippen LogP contribution in [-0.2, 0) is 6.54 Å². The van der Waals surface area contributed by atoms with Crippen molar-refractivity contribution in [2.45, 2.75) is 46.8 Å². The molecular weight excluding hydrogens is 326 g/mol. The molecular formula is C20H31N5O. The van der Waals surface area contributed by atoms with Crippen LogP contribution in [0.25, 0.3) is 0 Å². The van der Waals surface area contributed by atoms with Crippen LogP contribution in [0.2, 0.25) is 0 Å². The molecule has 0 saturated carbocycles. The van der Waals surface area contributed by atoms with Crippen molar-refractivity contribution >= 4 is 5.96 Å². The maximum absolute atomic E-state index is 5.91. The Morgan fingerprint density at radius 1 is 1.19 bits per heavy atom. The second-order valence-electron chi connectivity index (χ2n) is 6.63. The van der Waals surface area contributed by atoms with Crippen molar-refractivity contribution < 1.29 is 4.74 Å². The van der Waals surface area contributed by atoms with Gasteiger partial charge in [0.1, 0.15) is 11.9 Å². The summed E-state index contributed by atoms with van der Waals surface area (Å²) >= 11 is 0. The molecule has 0 radical (unpaired) electrons. The van der Waals surface area contributed by atoms with E-state index in [0.29, 0.717) is 6.54 Å². The molecule has 1 atom stereocenters. The number of guanidine groups is 1. The Morgan fingerprint density at radius 2 is 1.92 bits per heavy atom. The molecule has 2 rings (SSSR count). The number of nitrogens with one attached hydrogen (secondary N) is 2. The molecule has 0 saturated heterocycles. The van der Waals surface area contributed by atoms with Crippen LogP contribution >= 0.6 is 0 Å². The first-order chi connectivity index (χ1) is 12.5. The maximum atomic E-state index is 5.91. The number of ether oxygens (including phenoxy) is 1. The van der Waals surface area contributed by atoms with E-state index in [2.05, 4.69) is 52.8 Å². The third-order valence-corrected chi connectivity index (χ3v) is 4.08. The van der Waals surface area contributed by atoms with Gasteiger partial charge in [-0.1, -0.05) is 17.7 Å². The minimum Gasteiger partial charge on any atom is -0.489 e. The summed E-state index contributed by atoms with van der Waals surface area (Å²) < 4.78 is 7.95. The fourth-order valence-electron chi connectivity index (χ4n) is 2.69. The average Bonchev–Trinajstić information content (AvgIpc) is 2.93. The smallest absolute Gasteiger partial charge is 0.191 e.